The molecule has 0 aromatic carbocycles. The Morgan fingerprint density at radius 1 is 1.12 bits per heavy atom. The van der Waals surface area contributed by atoms with Gasteiger partial charge in [-0.15, -0.1) is 0 Å². The summed E-state index contributed by atoms with van der Waals surface area (Å²) >= 11 is 0. The summed E-state index contributed by atoms with van der Waals surface area (Å²) < 4.78 is 9.77. The number of hydrogen-bond donors (Lipinski definition) is 2. The van der Waals surface area contributed by atoms with E-state index in [1.54, 1.807) is 6.92 Å². The Bertz CT molecular complexity index is 464. The fraction of sp³-hybridized carbons (Fsp3) is 0.667. The van der Waals surface area contributed by atoms with E-state index in [4.69, 9.17) is 9.47 Å². The number of carbonyl (C=O) groups excluding carboxylic acids is 2. The van der Waals surface area contributed by atoms with Gasteiger partial charge in [-0.1, -0.05) is 45.3 Å². The smallest absolute Gasteiger partial charge is 0.363 e. The van der Waals surface area contributed by atoms with Crippen LogP contribution in [0, 0.1) is 0 Å². The van der Waals surface area contributed by atoms with Crippen LogP contribution in [0.2, 0.25) is 0 Å². The van der Waals surface area contributed by atoms with Gasteiger partial charge in [0, 0.05) is 11.1 Å². The molecule has 0 radical (unpaired) electrons. The van der Waals surface area contributed by atoms with Crippen LogP contribution < -0.4 is 0 Å². The first-order valence-corrected chi connectivity index (χ1v) is 8.33. The molecule has 0 aliphatic rings. The predicted molar refractivity (Wildman–Crippen MR) is 90.8 cm³/mol. The van der Waals surface area contributed by atoms with Gasteiger partial charge in [-0.05, 0) is 33.6 Å². The molecular weight excluding hydrogens is 312 g/mol. The van der Waals surface area contributed by atoms with Crippen molar-refractivity contribution < 1.29 is 29.3 Å². The molecule has 0 fully saturated rings. The van der Waals surface area contributed by atoms with Crippen molar-refractivity contribution in [1.29, 1.82) is 0 Å². The molecule has 0 amide bonds. The molecule has 0 aliphatic carbocycles. The number of aliphatic hydroxyl groups is 2. The Kier molecular flexibility index (Phi) is 10.2. The number of hydrogen-bond acceptors (Lipinski definition) is 6. The minimum Gasteiger partial charge on any atom is -0.449 e. The van der Waals surface area contributed by atoms with E-state index in [1.807, 2.05) is 0 Å². The number of allylic oxidation sites excluding steroid dienone is 1. The summed E-state index contributed by atoms with van der Waals surface area (Å²) in [7, 11) is 0. The summed E-state index contributed by atoms with van der Waals surface area (Å²) in [4.78, 5) is 23.5. The van der Waals surface area contributed by atoms with E-state index < -0.39 is 24.0 Å². The lowest BCUT2D eigenvalue weighted by Crippen LogP contribution is -2.48. The lowest BCUT2D eigenvalue weighted by Gasteiger charge is -2.30. The molecule has 0 saturated carbocycles. The van der Waals surface area contributed by atoms with Gasteiger partial charge in [0.2, 0.25) is 0 Å². The van der Waals surface area contributed by atoms with Gasteiger partial charge in [-0.3, -0.25) is 0 Å². The number of rotatable bonds is 11. The van der Waals surface area contributed by atoms with Crippen LogP contribution in [0.15, 0.2) is 23.8 Å². The Hall–Kier alpha value is -1.66. The highest BCUT2D eigenvalue weighted by molar-refractivity contribution is 5.88. The summed E-state index contributed by atoms with van der Waals surface area (Å²) in [5.41, 5.74) is 0.341. The number of esters is 2. The van der Waals surface area contributed by atoms with Gasteiger partial charge in [0.1, 0.15) is 0 Å². The Labute approximate surface area is 144 Å². The lowest BCUT2D eigenvalue weighted by molar-refractivity contribution is -0.358. The molecule has 0 aliphatic heterocycles. The van der Waals surface area contributed by atoms with Crippen LogP contribution in [0.5, 0.6) is 0 Å². The van der Waals surface area contributed by atoms with Crippen LogP contribution in [0.25, 0.3) is 0 Å². The molecule has 0 bridgehead atoms. The van der Waals surface area contributed by atoms with Crippen LogP contribution in [0.1, 0.15) is 66.2 Å². The standard InChI is InChI=1S/C18H30O6/c1-6-8-9-10-11-12-15(23-16(19)13(3)4)18(21,22)24-17(20)14(5)7-2/h7,15,21-22H,3,6,8-12H2,1-2,4-5H3/b14-7+. The van der Waals surface area contributed by atoms with E-state index in [0.29, 0.717) is 6.42 Å². The monoisotopic (exact) mass is 342 g/mol. The molecule has 6 heteroatoms. The Morgan fingerprint density at radius 2 is 1.71 bits per heavy atom. The molecule has 0 aromatic heterocycles. The van der Waals surface area contributed by atoms with Gasteiger partial charge in [-0.25, -0.2) is 9.59 Å². The van der Waals surface area contributed by atoms with Crippen LogP contribution in [-0.2, 0) is 19.1 Å². The summed E-state index contributed by atoms with van der Waals surface area (Å²) in [6.45, 7) is 10.1. The number of ether oxygens (including phenoxy) is 2. The second kappa shape index (κ2) is 11.0. The summed E-state index contributed by atoms with van der Waals surface area (Å²) in [6, 6.07) is 0. The number of carbonyl (C=O) groups is 2. The van der Waals surface area contributed by atoms with Crippen molar-refractivity contribution in [2.24, 2.45) is 0 Å². The van der Waals surface area contributed by atoms with E-state index in [9.17, 15) is 19.8 Å². The average molecular weight is 342 g/mol. The summed E-state index contributed by atoms with van der Waals surface area (Å²) in [5, 5.41) is 20.2. The normalized spacial score (nSPS) is 13.3. The maximum atomic E-state index is 11.8. The topological polar surface area (TPSA) is 93.1 Å². The van der Waals surface area contributed by atoms with E-state index in [1.165, 1.54) is 19.9 Å². The Balaban J connectivity index is 4.95. The first-order valence-electron chi connectivity index (χ1n) is 8.33. The zero-order chi connectivity index (χ0) is 18.8. The van der Waals surface area contributed by atoms with Crippen molar-refractivity contribution in [2.45, 2.75) is 78.3 Å². The van der Waals surface area contributed by atoms with E-state index in [-0.39, 0.29) is 17.6 Å². The molecule has 0 saturated heterocycles. The van der Waals surface area contributed by atoms with Crippen molar-refractivity contribution in [3.63, 3.8) is 0 Å². The van der Waals surface area contributed by atoms with Crippen LogP contribution >= 0.6 is 0 Å². The minimum absolute atomic E-state index is 0.123. The molecule has 0 aromatic rings. The summed E-state index contributed by atoms with van der Waals surface area (Å²) in [5.74, 6) is -4.54. The van der Waals surface area contributed by atoms with E-state index in [0.717, 1.165) is 25.7 Å². The highest BCUT2D eigenvalue weighted by Gasteiger charge is 2.42. The van der Waals surface area contributed by atoms with Crippen molar-refractivity contribution in [1.82, 2.24) is 0 Å². The SMILES string of the molecule is C=C(C)C(=O)OC(CCCCCCC)C(O)(O)OC(=O)/C(C)=C/C. The Morgan fingerprint density at radius 3 is 2.21 bits per heavy atom. The average Bonchev–Trinajstić information content (AvgIpc) is 2.51. The second-order valence-corrected chi connectivity index (χ2v) is 5.90. The van der Waals surface area contributed by atoms with Crippen molar-refractivity contribution in [2.75, 3.05) is 0 Å². The summed E-state index contributed by atoms with van der Waals surface area (Å²) in [6.07, 6.45) is 4.89. The molecule has 1 atom stereocenters. The van der Waals surface area contributed by atoms with Gasteiger partial charge >= 0.3 is 17.9 Å². The molecule has 0 spiro atoms. The van der Waals surface area contributed by atoms with Gasteiger partial charge < -0.3 is 19.7 Å². The molecule has 2 N–H and O–H groups in total. The van der Waals surface area contributed by atoms with Crippen molar-refractivity contribution in [3.05, 3.63) is 23.8 Å². The zero-order valence-corrected chi connectivity index (χ0v) is 15.1. The lowest BCUT2D eigenvalue weighted by atomic mass is 10.1. The van der Waals surface area contributed by atoms with Crippen LogP contribution in [0.3, 0.4) is 0 Å². The van der Waals surface area contributed by atoms with E-state index >= 15 is 0 Å². The second-order valence-electron chi connectivity index (χ2n) is 5.90. The highest BCUT2D eigenvalue weighted by Crippen LogP contribution is 2.22. The van der Waals surface area contributed by atoms with Crippen molar-refractivity contribution >= 4 is 11.9 Å². The van der Waals surface area contributed by atoms with Crippen LogP contribution in [-0.4, -0.2) is 34.2 Å². The third-order valence-corrected chi connectivity index (χ3v) is 3.58. The molecule has 0 heterocycles. The largest absolute Gasteiger partial charge is 0.449 e. The third kappa shape index (κ3) is 8.26. The fourth-order valence-electron chi connectivity index (χ4n) is 1.89. The molecule has 24 heavy (non-hydrogen) atoms. The molecule has 138 valence electrons. The first kappa shape index (κ1) is 22.3. The van der Waals surface area contributed by atoms with E-state index in [2.05, 4.69) is 13.5 Å². The van der Waals surface area contributed by atoms with Gasteiger partial charge in [0.25, 0.3) is 0 Å². The molecular formula is C18H30O6. The molecule has 6 nitrogen and oxygen atoms in total. The maximum Gasteiger partial charge on any atom is 0.363 e. The minimum atomic E-state index is -2.89. The first-order chi connectivity index (χ1) is 11.2. The fourth-order valence-corrected chi connectivity index (χ4v) is 1.89. The third-order valence-electron chi connectivity index (χ3n) is 3.58. The zero-order valence-electron chi connectivity index (χ0n) is 15.1. The highest BCUT2D eigenvalue weighted by atomic mass is 16.8. The van der Waals surface area contributed by atoms with Crippen LogP contribution in [0.4, 0.5) is 0 Å². The molecule has 0 rings (SSSR count). The predicted octanol–water partition coefficient (Wildman–Crippen LogP) is 2.98. The van der Waals surface area contributed by atoms with Gasteiger partial charge in [0.15, 0.2) is 6.10 Å². The quantitative estimate of drug-likeness (QED) is 0.259. The van der Waals surface area contributed by atoms with Gasteiger partial charge in [-0.2, -0.15) is 0 Å². The maximum absolute atomic E-state index is 11.8. The number of unbranched alkanes of at least 4 members (excludes halogenated alkanes) is 4. The van der Waals surface area contributed by atoms with Crippen molar-refractivity contribution in [3.8, 4) is 0 Å². The van der Waals surface area contributed by atoms with Gasteiger partial charge in [0.05, 0.1) is 0 Å². The molecule has 1 unspecified atom stereocenters.